The molecule has 2 saturated carbocycles. The molecular formula is C15H18. The number of hydrogen-bond acceptors (Lipinski definition) is 0. The molecule has 0 spiro atoms. The number of benzene rings is 1. The van der Waals surface area contributed by atoms with Crippen LogP contribution in [0.2, 0.25) is 0 Å². The van der Waals surface area contributed by atoms with Crippen molar-refractivity contribution in [3.05, 3.63) is 47.0 Å². The van der Waals surface area contributed by atoms with Crippen molar-refractivity contribution in [3.63, 3.8) is 0 Å². The molecule has 2 aliphatic rings. The molecule has 78 valence electrons. The van der Waals surface area contributed by atoms with Crippen LogP contribution in [0, 0.1) is 0 Å². The Balaban J connectivity index is 1.78. The average Bonchev–Trinajstić information content (AvgIpc) is 3.11. The molecule has 1 atom stereocenters. The average molecular weight is 198 g/mol. The fraction of sp³-hybridized carbons (Fsp3) is 0.467. The predicted octanol–water partition coefficient (Wildman–Crippen LogP) is 4.43. The highest BCUT2D eigenvalue weighted by atomic mass is 14.4. The van der Waals surface area contributed by atoms with E-state index in [1.54, 1.807) is 11.1 Å². The van der Waals surface area contributed by atoms with Gasteiger partial charge in [-0.2, -0.15) is 0 Å². The summed E-state index contributed by atoms with van der Waals surface area (Å²) in [5.41, 5.74) is 5.11. The van der Waals surface area contributed by atoms with Crippen molar-refractivity contribution in [2.45, 2.75) is 44.4 Å². The van der Waals surface area contributed by atoms with Crippen molar-refractivity contribution in [1.29, 1.82) is 0 Å². The summed E-state index contributed by atoms with van der Waals surface area (Å²) in [6.07, 6.45) is 8.43. The molecule has 0 amide bonds. The third-order valence-corrected chi connectivity index (χ3v) is 3.80. The molecule has 0 heteroatoms. The van der Waals surface area contributed by atoms with E-state index in [4.69, 9.17) is 0 Å². The van der Waals surface area contributed by atoms with Gasteiger partial charge in [0.15, 0.2) is 0 Å². The summed E-state index contributed by atoms with van der Waals surface area (Å²) in [6.45, 7) is 0. The predicted molar refractivity (Wildman–Crippen MR) is 63.9 cm³/mol. The summed E-state index contributed by atoms with van der Waals surface area (Å²) < 4.78 is 0. The molecule has 0 nitrogen and oxygen atoms in total. The van der Waals surface area contributed by atoms with E-state index in [0.29, 0.717) is 0 Å². The molecule has 0 bridgehead atoms. The van der Waals surface area contributed by atoms with Gasteiger partial charge >= 0.3 is 0 Å². The minimum atomic E-state index is 0.791. The fourth-order valence-electron chi connectivity index (χ4n) is 2.86. The largest absolute Gasteiger partial charge is 0.0703 e. The third-order valence-electron chi connectivity index (χ3n) is 3.80. The first-order chi connectivity index (χ1) is 7.45. The third kappa shape index (κ3) is 1.86. The SMILES string of the molecule is c1ccc(C2CC2=C2CCCCC2)cc1. The maximum atomic E-state index is 2.28. The Hall–Kier alpha value is -1.04. The fourth-order valence-corrected chi connectivity index (χ4v) is 2.86. The summed E-state index contributed by atoms with van der Waals surface area (Å²) in [5, 5.41) is 0. The van der Waals surface area contributed by atoms with Gasteiger partial charge in [0.25, 0.3) is 0 Å². The maximum absolute atomic E-state index is 2.28. The molecule has 15 heavy (non-hydrogen) atoms. The first-order valence-electron chi connectivity index (χ1n) is 6.21. The molecule has 3 rings (SSSR count). The lowest BCUT2D eigenvalue weighted by atomic mass is 9.93. The van der Waals surface area contributed by atoms with Crippen LogP contribution in [-0.2, 0) is 0 Å². The lowest BCUT2D eigenvalue weighted by Crippen LogP contribution is -1.93. The Labute approximate surface area is 92.0 Å². The van der Waals surface area contributed by atoms with Crippen LogP contribution in [0.15, 0.2) is 41.5 Å². The van der Waals surface area contributed by atoms with Gasteiger partial charge in [0.2, 0.25) is 0 Å². The van der Waals surface area contributed by atoms with Gasteiger partial charge in [0, 0.05) is 5.92 Å². The minimum Gasteiger partial charge on any atom is -0.0703 e. The number of allylic oxidation sites excluding steroid dienone is 2. The van der Waals surface area contributed by atoms with Crippen molar-refractivity contribution < 1.29 is 0 Å². The monoisotopic (exact) mass is 198 g/mol. The Kier molecular flexibility index (Phi) is 2.36. The first kappa shape index (κ1) is 9.21. The van der Waals surface area contributed by atoms with Gasteiger partial charge in [0.05, 0.1) is 0 Å². The van der Waals surface area contributed by atoms with Crippen LogP contribution in [0.5, 0.6) is 0 Å². The van der Waals surface area contributed by atoms with Crippen LogP contribution < -0.4 is 0 Å². The van der Waals surface area contributed by atoms with E-state index >= 15 is 0 Å². The summed E-state index contributed by atoms with van der Waals surface area (Å²) in [7, 11) is 0. The topological polar surface area (TPSA) is 0 Å². The second kappa shape index (κ2) is 3.84. The van der Waals surface area contributed by atoms with Gasteiger partial charge in [0.1, 0.15) is 0 Å². The zero-order valence-corrected chi connectivity index (χ0v) is 9.21. The molecule has 1 aromatic carbocycles. The molecule has 0 N–H and O–H groups in total. The Bertz CT molecular complexity index is 364. The van der Waals surface area contributed by atoms with Crippen molar-refractivity contribution in [2.75, 3.05) is 0 Å². The van der Waals surface area contributed by atoms with E-state index in [2.05, 4.69) is 30.3 Å². The van der Waals surface area contributed by atoms with E-state index in [0.717, 1.165) is 5.92 Å². The molecule has 0 radical (unpaired) electrons. The molecule has 0 saturated heterocycles. The van der Waals surface area contributed by atoms with Gasteiger partial charge in [-0.05, 0) is 37.7 Å². The minimum absolute atomic E-state index is 0.791. The lowest BCUT2D eigenvalue weighted by Gasteiger charge is -2.13. The van der Waals surface area contributed by atoms with E-state index in [1.807, 2.05) is 0 Å². The highest BCUT2D eigenvalue weighted by Crippen LogP contribution is 2.51. The number of hydrogen-bond donors (Lipinski definition) is 0. The van der Waals surface area contributed by atoms with Gasteiger partial charge in [-0.1, -0.05) is 47.9 Å². The van der Waals surface area contributed by atoms with Crippen LogP contribution in [-0.4, -0.2) is 0 Å². The summed E-state index contributed by atoms with van der Waals surface area (Å²) in [4.78, 5) is 0. The van der Waals surface area contributed by atoms with Crippen LogP contribution >= 0.6 is 0 Å². The maximum Gasteiger partial charge on any atom is 0.00886 e. The van der Waals surface area contributed by atoms with Crippen LogP contribution in [0.4, 0.5) is 0 Å². The van der Waals surface area contributed by atoms with Crippen molar-refractivity contribution in [1.82, 2.24) is 0 Å². The highest BCUT2D eigenvalue weighted by molar-refractivity contribution is 5.44. The van der Waals surface area contributed by atoms with Crippen LogP contribution in [0.25, 0.3) is 0 Å². The second-order valence-corrected chi connectivity index (χ2v) is 4.86. The van der Waals surface area contributed by atoms with Gasteiger partial charge in [-0.15, -0.1) is 0 Å². The standard InChI is InChI=1S/C15H18/c1-3-7-12(8-4-1)14-11-15(14)13-9-5-2-6-10-13/h1,3-4,7-8,14H,2,5-6,9-11H2. The molecule has 0 aliphatic heterocycles. The van der Waals surface area contributed by atoms with Crippen LogP contribution in [0.3, 0.4) is 0 Å². The Morgan fingerprint density at radius 1 is 0.867 bits per heavy atom. The smallest absolute Gasteiger partial charge is 0.00886 e. The normalized spacial score (nSPS) is 25.5. The first-order valence-corrected chi connectivity index (χ1v) is 6.21. The second-order valence-electron chi connectivity index (χ2n) is 4.86. The molecular weight excluding hydrogens is 180 g/mol. The van der Waals surface area contributed by atoms with Gasteiger partial charge in [-0.3, -0.25) is 0 Å². The molecule has 2 fully saturated rings. The zero-order valence-electron chi connectivity index (χ0n) is 9.21. The Morgan fingerprint density at radius 3 is 2.33 bits per heavy atom. The van der Waals surface area contributed by atoms with Crippen molar-refractivity contribution in [2.24, 2.45) is 0 Å². The quantitative estimate of drug-likeness (QED) is 0.585. The molecule has 1 unspecified atom stereocenters. The summed E-state index contributed by atoms with van der Waals surface area (Å²) in [5.74, 6) is 0.791. The van der Waals surface area contributed by atoms with E-state index in [1.165, 1.54) is 44.1 Å². The molecule has 0 heterocycles. The van der Waals surface area contributed by atoms with Crippen molar-refractivity contribution in [3.8, 4) is 0 Å². The summed E-state index contributed by atoms with van der Waals surface area (Å²) >= 11 is 0. The van der Waals surface area contributed by atoms with Gasteiger partial charge in [-0.25, -0.2) is 0 Å². The lowest BCUT2D eigenvalue weighted by molar-refractivity contribution is 0.596. The zero-order chi connectivity index (χ0) is 10.1. The van der Waals surface area contributed by atoms with E-state index < -0.39 is 0 Å². The Morgan fingerprint density at radius 2 is 1.60 bits per heavy atom. The van der Waals surface area contributed by atoms with E-state index in [-0.39, 0.29) is 0 Å². The molecule has 0 aromatic heterocycles. The summed E-state index contributed by atoms with van der Waals surface area (Å²) in [6, 6.07) is 11.0. The van der Waals surface area contributed by atoms with Crippen LogP contribution in [0.1, 0.15) is 50.0 Å². The molecule has 2 aliphatic carbocycles. The highest BCUT2D eigenvalue weighted by Gasteiger charge is 2.33. The van der Waals surface area contributed by atoms with Crippen molar-refractivity contribution >= 4 is 0 Å². The van der Waals surface area contributed by atoms with E-state index in [9.17, 15) is 0 Å². The molecule has 1 aromatic rings. The number of rotatable bonds is 1. The van der Waals surface area contributed by atoms with Gasteiger partial charge < -0.3 is 0 Å².